The molecule has 0 bridgehead atoms. The maximum absolute atomic E-state index is 2.20. The molecule has 0 fully saturated rings. The summed E-state index contributed by atoms with van der Waals surface area (Å²) in [7, 11) is 0. The molecule has 17 heavy (non-hydrogen) atoms. The van der Waals surface area contributed by atoms with Gasteiger partial charge in [0.15, 0.2) is 0 Å². The summed E-state index contributed by atoms with van der Waals surface area (Å²) in [5.41, 5.74) is 0. The molecule has 0 aromatic heterocycles. The molecule has 0 atom stereocenters. The minimum Gasteiger partial charge on any atom is -0.225 e. The Morgan fingerprint density at radius 2 is 1.12 bits per heavy atom. The maximum atomic E-state index is 2.20. The Kier molecular flexibility index (Phi) is 10.1. The van der Waals surface area contributed by atoms with Crippen LogP contribution in [-0.2, 0) is 19.5 Å². The van der Waals surface area contributed by atoms with Gasteiger partial charge >= 0.3 is 19.5 Å². The Labute approximate surface area is 119 Å². The summed E-state index contributed by atoms with van der Waals surface area (Å²) in [6.07, 6.45) is 22.0. The van der Waals surface area contributed by atoms with E-state index in [1.54, 1.807) is 0 Å². The van der Waals surface area contributed by atoms with Gasteiger partial charge < -0.3 is 0 Å². The third-order valence-corrected chi connectivity index (χ3v) is 2.67. The first-order valence-electron chi connectivity index (χ1n) is 6.10. The zero-order chi connectivity index (χ0) is 11.6. The summed E-state index contributed by atoms with van der Waals surface area (Å²) < 4.78 is 0. The van der Waals surface area contributed by atoms with Crippen LogP contribution in [-0.4, -0.2) is 0 Å². The molecule has 0 nitrogen and oxygen atoms in total. The summed E-state index contributed by atoms with van der Waals surface area (Å²) in [4.78, 5) is 0. The molecule has 2 aliphatic carbocycles. The zero-order valence-electron chi connectivity index (χ0n) is 10.8. The predicted molar refractivity (Wildman–Crippen MR) is 72.9 cm³/mol. The maximum Gasteiger partial charge on any atom is 2.00 e. The van der Waals surface area contributed by atoms with Crippen molar-refractivity contribution < 1.29 is 19.5 Å². The smallest absolute Gasteiger partial charge is 0.225 e. The van der Waals surface area contributed by atoms with E-state index in [4.69, 9.17) is 0 Å². The molecule has 0 heterocycles. The van der Waals surface area contributed by atoms with E-state index in [-0.39, 0.29) is 19.5 Å². The number of hydrogen-bond donors (Lipinski definition) is 0. The Hall–Kier alpha value is -0.677. The van der Waals surface area contributed by atoms with Crippen molar-refractivity contribution in [2.75, 3.05) is 0 Å². The van der Waals surface area contributed by atoms with Crippen LogP contribution in [0.5, 0.6) is 0 Å². The molecule has 2 rings (SSSR count). The second kappa shape index (κ2) is 10.5. The van der Waals surface area contributed by atoms with Gasteiger partial charge in [0.2, 0.25) is 0 Å². The SMILES string of the molecule is C[C-]1C=CC=CCC1.C[C-]1C=CC=CCC1.[Ru+2]. The van der Waals surface area contributed by atoms with E-state index in [9.17, 15) is 0 Å². The predicted octanol–water partition coefficient (Wildman–Crippen LogP) is 4.97. The van der Waals surface area contributed by atoms with Crippen molar-refractivity contribution in [1.82, 2.24) is 0 Å². The molecule has 0 aromatic rings. The average Bonchev–Trinajstić information content (AvgIpc) is 2.64. The minimum atomic E-state index is 0. The van der Waals surface area contributed by atoms with E-state index < -0.39 is 0 Å². The molecule has 0 radical (unpaired) electrons. The van der Waals surface area contributed by atoms with E-state index in [1.165, 1.54) is 37.5 Å². The summed E-state index contributed by atoms with van der Waals surface area (Å²) in [6.45, 7) is 4.34. The molecular weight excluding hydrogens is 293 g/mol. The quantitative estimate of drug-likeness (QED) is 0.437. The monoisotopic (exact) mass is 316 g/mol. The van der Waals surface area contributed by atoms with Crippen molar-refractivity contribution >= 4 is 0 Å². The van der Waals surface area contributed by atoms with Crippen LogP contribution in [0.15, 0.2) is 48.6 Å². The van der Waals surface area contributed by atoms with Gasteiger partial charge in [0.25, 0.3) is 0 Å². The standard InChI is InChI=1S/2C8H11.Ru/c2*1-8-6-4-2-3-5-7-8;/h2*2-4,6H,5,7H2,1H3;/q2*-1;+2. The number of allylic oxidation sites excluding steroid dienone is 8. The van der Waals surface area contributed by atoms with Crippen LogP contribution in [0.3, 0.4) is 0 Å². The minimum absolute atomic E-state index is 0. The van der Waals surface area contributed by atoms with Crippen molar-refractivity contribution in [2.24, 2.45) is 0 Å². The fraction of sp³-hybridized carbons (Fsp3) is 0.375. The van der Waals surface area contributed by atoms with Crippen molar-refractivity contribution in [3.8, 4) is 0 Å². The first-order chi connectivity index (χ1) is 7.79. The van der Waals surface area contributed by atoms with Crippen LogP contribution in [0, 0.1) is 11.8 Å². The first-order valence-corrected chi connectivity index (χ1v) is 6.10. The van der Waals surface area contributed by atoms with Crippen molar-refractivity contribution in [3.05, 3.63) is 60.4 Å². The Morgan fingerprint density at radius 1 is 0.706 bits per heavy atom. The van der Waals surface area contributed by atoms with E-state index in [1.807, 2.05) is 0 Å². The topological polar surface area (TPSA) is 0 Å². The third kappa shape index (κ3) is 9.06. The second-order valence-corrected chi connectivity index (χ2v) is 4.34. The molecule has 2 aliphatic rings. The molecule has 0 amide bonds. The van der Waals surface area contributed by atoms with Crippen LogP contribution < -0.4 is 0 Å². The Balaban J connectivity index is 0.000000284. The normalized spacial score (nSPS) is 17.8. The molecule has 0 spiro atoms. The Morgan fingerprint density at radius 3 is 1.53 bits per heavy atom. The third-order valence-electron chi connectivity index (χ3n) is 2.67. The van der Waals surface area contributed by atoms with Crippen LogP contribution in [0.25, 0.3) is 0 Å². The zero-order valence-corrected chi connectivity index (χ0v) is 12.5. The van der Waals surface area contributed by atoms with Crippen molar-refractivity contribution in [2.45, 2.75) is 39.5 Å². The summed E-state index contributed by atoms with van der Waals surface area (Å²) in [5, 5.41) is 0. The molecule has 0 saturated carbocycles. The summed E-state index contributed by atoms with van der Waals surface area (Å²) >= 11 is 0. The van der Waals surface area contributed by atoms with Gasteiger partial charge in [-0.2, -0.15) is 0 Å². The van der Waals surface area contributed by atoms with Gasteiger partial charge in [-0.25, -0.2) is 36.1 Å². The van der Waals surface area contributed by atoms with Gasteiger partial charge in [0.05, 0.1) is 0 Å². The van der Waals surface area contributed by atoms with Gasteiger partial charge in [0, 0.05) is 0 Å². The van der Waals surface area contributed by atoms with Crippen LogP contribution in [0.2, 0.25) is 0 Å². The van der Waals surface area contributed by atoms with Gasteiger partial charge in [-0.3, -0.25) is 0 Å². The largest absolute Gasteiger partial charge is 2.00 e. The van der Waals surface area contributed by atoms with Gasteiger partial charge in [0.1, 0.15) is 0 Å². The number of rotatable bonds is 0. The van der Waals surface area contributed by atoms with Gasteiger partial charge in [-0.1, -0.05) is 12.8 Å². The molecular formula is C16H22Ru. The molecule has 0 saturated heterocycles. The van der Waals surface area contributed by atoms with Crippen molar-refractivity contribution in [3.63, 3.8) is 0 Å². The molecule has 0 aromatic carbocycles. The van der Waals surface area contributed by atoms with Crippen LogP contribution >= 0.6 is 0 Å². The van der Waals surface area contributed by atoms with E-state index in [0.29, 0.717) is 0 Å². The first kappa shape index (κ1) is 16.3. The molecule has 0 unspecified atom stereocenters. The second-order valence-electron chi connectivity index (χ2n) is 4.34. The van der Waals surface area contributed by atoms with Crippen molar-refractivity contribution in [1.29, 1.82) is 0 Å². The van der Waals surface area contributed by atoms with E-state index >= 15 is 0 Å². The number of hydrogen-bond acceptors (Lipinski definition) is 0. The van der Waals surface area contributed by atoms with Gasteiger partial charge in [-0.15, -0.1) is 38.2 Å². The van der Waals surface area contributed by atoms with E-state index in [0.717, 1.165) is 0 Å². The summed E-state index contributed by atoms with van der Waals surface area (Å²) in [5.74, 6) is 2.96. The molecule has 0 aliphatic heterocycles. The molecule has 0 N–H and O–H groups in total. The molecule has 1 heteroatoms. The fourth-order valence-corrected chi connectivity index (χ4v) is 1.58. The Bertz CT molecular complexity index is 254. The average molecular weight is 315 g/mol. The van der Waals surface area contributed by atoms with E-state index in [2.05, 4.69) is 62.5 Å². The van der Waals surface area contributed by atoms with Gasteiger partial charge in [-0.05, 0) is 12.8 Å². The van der Waals surface area contributed by atoms with Crippen LogP contribution in [0.4, 0.5) is 0 Å². The van der Waals surface area contributed by atoms with Crippen LogP contribution in [0.1, 0.15) is 39.5 Å². The molecule has 94 valence electrons. The summed E-state index contributed by atoms with van der Waals surface area (Å²) in [6, 6.07) is 0. The fourth-order valence-electron chi connectivity index (χ4n) is 1.58.